The zero-order valence-corrected chi connectivity index (χ0v) is 15.1. The number of piperazine rings is 1. The van der Waals surface area contributed by atoms with Crippen LogP contribution in [-0.2, 0) is 6.54 Å². The van der Waals surface area contributed by atoms with Crippen molar-refractivity contribution in [1.29, 1.82) is 0 Å². The van der Waals surface area contributed by atoms with Gasteiger partial charge in [-0.15, -0.1) is 0 Å². The van der Waals surface area contributed by atoms with E-state index in [0.717, 1.165) is 37.3 Å². The Bertz CT molecular complexity index is 665. The molecule has 0 aromatic carbocycles. The number of rotatable bonds is 4. The summed E-state index contributed by atoms with van der Waals surface area (Å²) in [5, 5.41) is 7.33. The molecular weight excluding hydrogens is 320 g/mol. The van der Waals surface area contributed by atoms with Gasteiger partial charge in [0.15, 0.2) is 0 Å². The van der Waals surface area contributed by atoms with Crippen LogP contribution in [-0.4, -0.2) is 47.0 Å². The van der Waals surface area contributed by atoms with Crippen molar-refractivity contribution in [2.24, 2.45) is 0 Å². The van der Waals surface area contributed by atoms with Crippen molar-refractivity contribution in [1.82, 2.24) is 20.1 Å². The lowest BCUT2D eigenvalue weighted by Gasteiger charge is -2.37. The van der Waals surface area contributed by atoms with Gasteiger partial charge in [0.05, 0.1) is 0 Å². The molecule has 2 aromatic heterocycles. The van der Waals surface area contributed by atoms with Crippen LogP contribution in [0.5, 0.6) is 0 Å². The number of aromatic nitrogens is 1. The SMILES string of the molecule is Cc1cncc(CNC(=O)N2CCN(C(C)c3ccsc3)CC2)c1. The number of hydrogen-bond acceptors (Lipinski definition) is 4. The maximum absolute atomic E-state index is 12.3. The molecule has 1 fully saturated rings. The molecule has 0 saturated carbocycles. The third-order valence-corrected chi connectivity index (χ3v) is 5.25. The van der Waals surface area contributed by atoms with Crippen LogP contribution in [0.4, 0.5) is 4.79 Å². The molecule has 3 heterocycles. The summed E-state index contributed by atoms with van der Waals surface area (Å²) in [6, 6.07) is 4.66. The van der Waals surface area contributed by atoms with Crippen molar-refractivity contribution in [3.63, 3.8) is 0 Å². The first-order valence-electron chi connectivity index (χ1n) is 8.33. The highest BCUT2D eigenvalue weighted by Crippen LogP contribution is 2.23. The molecule has 1 unspecified atom stereocenters. The molecule has 3 rings (SSSR count). The zero-order chi connectivity index (χ0) is 16.9. The number of nitrogens with zero attached hydrogens (tertiary/aromatic N) is 3. The number of amides is 2. The summed E-state index contributed by atoms with van der Waals surface area (Å²) in [5.41, 5.74) is 3.51. The second kappa shape index (κ2) is 7.77. The first-order valence-corrected chi connectivity index (χ1v) is 9.27. The summed E-state index contributed by atoms with van der Waals surface area (Å²) in [6.45, 7) is 8.14. The molecule has 2 aromatic rings. The van der Waals surface area contributed by atoms with E-state index in [-0.39, 0.29) is 6.03 Å². The lowest BCUT2D eigenvalue weighted by molar-refractivity contribution is 0.114. The summed E-state index contributed by atoms with van der Waals surface area (Å²) in [4.78, 5) is 20.8. The highest BCUT2D eigenvalue weighted by atomic mass is 32.1. The van der Waals surface area contributed by atoms with E-state index in [1.807, 2.05) is 24.1 Å². The van der Waals surface area contributed by atoms with Crippen LogP contribution >= 0.6 is 11.3 Å². The Kier molecular flexibility index (Phi) is 5.48. The summed E-state index contributed by atoms with van der Waals surface area (Å²) in [7, 11) is 0. The number of nitrogens with one attached hydrogen (secondary N) is 1. The minimum atomic E-state index is 0.0133. The maximum Gasteiger partial charge on any atom is 0.317 e. The van der Waals surface area contributed by atoms with Crippen LogP contribution in [0.2, 0.25) is 0 Å². The molecule has 0 radical (unpaired) electrons. The van der Waals surface area contributed by atoms with E-state index in [9.17, 15) is 4.79 Å². The smallest absolute Gasteiger partial charge is 0.317 e. The van der Waals surface area contributed by atoms with E-state index in [1.54, 1.807) is 17.5 Å². The van der Waals surface area contributed by atoms with Crippen LogP contribution in [0, 0.1) is 6.92 Å². The van der Waals surface area contributed by atoms with E-state index in [4.69, 9.17) is 0 Å². The second-order valence-corrected chi connectivity index (χ2v) is 7.06. The maximum atomic E-state index is 12.3. The summed E-state index contributed by atoms with van der Waals surface area (Å²) in [5.74, 6) is 0. The van der Waals surface area contributed by atoms with Crippen molar-refractivity contribution in [2.45, 2.75) is 26.4 Å². The quantitative estimate of drug-likeness (QED) is 0.927. The van der Waals surface area contributed by atoms with Gasteiger partial charge in [-0.05, 0) is 47.4 Å². The van der Waals surface area contributed by atoms with E-state index in [1.165, 1.54) is 5.56 Å². The van der Waals surface area contributed by atoms with Crippen LogP contribution in [0.15, 0.2) is 35.3 Å². The Morgan fingerprint density at radius 3 is 2.79 bits per heavy atom. The van der Waals surface area contributed by atoms with Crippen molar-refractivity contribution >= 4 is 17.4 Å². The summed E-state index contributed by atoms with van der Waals surface area (Å²) < 4.78 is 0. The number of carbonyl (C=O) groups excluding carboxylic acids is 1. The Balaban J connectivity index is 1.46. The van der Waals surface area contributed by atoms with Gasteiger partial charge in [-0.3, -0.25) is 9.88 Å². The summed E-state index contributed by atoms with van der Waals surface area (Å²) >= 11 is 1.74. The fourth-order valence-corrected chi connectivity index (χ4v) is 3.79. The van der Waals surface area contributed by atoms with E-state index in [0.29, 0.717) is 12.6 Å². The van der Waals surface area contributed by atoms with Gasteiger partial charge in [-0.25, -0.2) is 4.79 Å². The van der Waals surface area contributed by atoms with Gasteiger partial charge < -0.3 is 10.2 Å². The molecule has 1 saturated heterocycles. The predicted octanol–water partition coefficient (Wildman–Crippen LogP) is 3.04. The molecular formula is C18H24N4OS. The third-order valence-electron chi connectivity index (χ3n) is 4.55. The molecule has 128 valence electrons. The van der Waals surface area contributed by atoms with Gasteiger partial charge >= 0.3 is 6.03 Å². The monoisotopic (exact) mass is 344 g/mol. The van der Waals surface area contributed by atoms with Crippen LogP contribution in [0.3, 0.4) is 0 Å². The standard InChI is InChI=1S/C18H24N4OS/c1-14-9-16(11-19-10-14)12-20-18(23)22-6-4-21(5-7-22)15(2)17-3-8-24-13-17/h3,8-11,13,15H,4-7,12H2,1-2H3,(H,20,23). The van der Waals surface area contributed by atoms with Gasteiger partial charge in [-0.1, -0.05) is 6.07 Å². The third kappa shape index (κ3) is 4.13. The lowest BCUT2D eigenvalue weighted by atomic mass is 10.1. The normalized spacial score (nSPS) is 16.8. The Morgan fingerprint density at radius 1 is 1.33 bits per heavy atom. The highest BCUT2D eigenvalue weighted by molar-refractivity contribution is 7.07. The average molecular weight is 344 g/mol. The van der Waals surface area contributed by atoms with Crippen molar-refractivity contribution in [3.8, 4) is 0 Å². The molecule has 5 nitrogen and oxygen atoms in total. The average Bonchev–Trinajstić information content (AvgIpc) is 3.14. The van der Waals surface area contributed by atoms with E-state index in [2.05, 4.69) is 39.0 Å². The van der Waals surface area contributed by atoms with Gasteiger partial charge in [0, 0.05) is 51.2 Å². The first-order chi connectivity index (χ1) is 11.6. The number of thiophene rings is 1. The fraction of sp³-hybridized carbons (Fsp3) is 0.444. The predicted molar refractivity (Wildman–Crippen MR) is 97.1 cm³/mol. The molecule has 2 amide bonds. The lowest BCUT2D eigenvalue weighted by Crippen LogP contribution is -2.52. The second-order valence-electron chi connectivity index (χ2n) is 6.28. The number of carbonyl (C=O) groups is 1. The number of pyridine rings is 1. The number of aryl methyl sites for hydroxylation is 1. The van der Waals surface area contributed by atoms with Crippen molar-refractivity contribution < 1.29 is 4.79 Å². The largest absolute Gasteiger partial charge is 0.334 e. The number of urea groups is 1. The first kappa shape index (κ1) is 16.9. The van der Waals surface area contributed by atoms with E-state index < -0.39 is 0 Å². The molecule has 0 bridgehead atoms. The molecule has 0 aliphatic carbocycles. The van der Waals surface area contributed by atoms with Crippen molar-refractivity contribution in [3.05, 3.63) is 52.0 Å². The molecule has 0 spiro atoms. The minimum absolute atomic E-state index is 0.0133. The molecule has 1 aliphatic rings. The molecule has 1 aliphatic heterocycles. The van der Waals surface area contributed by atoms with Gasteiger partial charge in [-0.2, -0.15) is 11.3 Å². The molecule has 1 atom stereocenters. The molecule has 6 heteroatoms. The van der Waals surface area contributed by atoms with Crippen LogP contribution in [0.25, 0.3) is 0 Å². The summed E-state index contributed by atoms with van der Waals surface area (Å²) in [6.07, 6.45) is 3.62. The molecule has 1 N–H and O–H groups in total. The van der Waals surface area contributed by atoms with Crippen LogP contribution in [0.1, 0.15) is 29.7 Å². The molecule has 24 heavy (non-hydrogen) atoms. The van der Waals surface area contributed by atoms with Crippen molar-refractivity contribution in [2.75, 3.05) is 26.2 Å². The Hall–Kier alpha value is -1.92. The fourth-order valence-electron chi connectivity index (χ4n) is 3.04. The minimum Gasteiger partial charge on any atom is -0.334 e. The highest BCUT2D eigenvalue weighted by Gasteiger charge is 2.24. The van der Waals surface area contributed by atoms with Gasteiger partial charge in [0.2, 0.25) is 0 Å². The van der Waals surface area contributed by atoms with E-state index >= 15 is 0 Å². The number of hydrogen-bond donors (Lipinski definition) is 1. The Labute approximate surface area is 147 Å². The van der Waals surface area contributed by atoms with Gasteiger partial charge in [0.25, 0.3) is 0 Å². The zero-order valence-electron chi connectivity index (χ0n) is 14.2. The van der Waals surface area contributed by atoms with Gasteiger partial charge in [0.1, 0.15) is 0 Å². The Morgan fingerprint density at radius 2 is 2.12 bits per heavy atom. The topological polar surface area (TPSA) is 48.5 Å². The van der Waals surface area contributed by atoms with Crippen LogP contribution < -0.4 is 5.32 Å².